The third kappa shape index (κ3) is 7.14. The van der Waals surface area contributed by atoms with Gasteiger partial charge in [-0.25, -0.2) is 4.79 Å². The highest BCUT2D eigenvalue weighted by Crippen LogP contribution is 2.40. The van der Waals surface area contributed by atoms with Crippen LogP contribution in [0.2, 0.25) is 0 Å². The molecule has 0 unspecified atom stereocenters. The zero-order chi connectivity index (χ0) is 24.5. The summed E-state index contributed by atoms with van der Waals surface area (Å²) in [5, 5.41) is 20.3. The normalized spacial score (nSPS) is 19.7. The minimum atomic E-state index is -1.33. The third-order valence-electron chi connectivity index (χ3n) is 4.10. The highest BCUT2D eigenvalue weighted by atomic mass is 32.2. The maximum Gasteiger partial charge on any atom is 0.352 e. The molecule has 2 amide bonds. The predicted molar refractivity (Wildman–Crippen MR) is 121 cm³/mol. The topological polar surface area (TPSA) is 175 Å². The largest absolute Gasteiger partial charge is 0.477 e. The zero-order valence-electron chi connectivity index (χ0n) is 17.6. The monoisotopic (exact) mass is 516 g/mol. The van der Waals surface area contributed by atoms with E-state index in [1.165, 1.54) is 18.7 Å². The number of β-lactam (4-membered cyclic amide) rings is 1. The molecule has 0 radical (unpaired) electrons. The van der Waals surface area contributed by atoms with Crippen LogP contribution in [0.4, 0.5) is 0 Å². The number of esters is 2. The fraction of sp³-hybridized carbons (Fsp3) is 0.500. The van der Waals surface area contributed by atoms with Crippen LogP contribution in [0, 0.1) is 11.5 Å². The number of hydrogen-bond donors (Lipinski definition) is 2. The maximum absolute atomic E-state index is 12.6. The molecule has 0 aromatic carbocycles. The number of carboxylic acid groups (broad SMARTS) is 1. The minimum Gasteiger partial charge on any atom is -0.477 e. The molecule has 2 atom stereocenters. The van der Waals surface area contributed by atoms with Crippen LogP contribution in [0.3, 0.4) is 0 Å². The van der Waals surface area contributed by atoms with Crippen LogP contribution in [-0.2, 0) is 33.4 Å². The van der Waals surface area contributed by atoms with Gasteiger partial charge in [-0.2, -0.15) is 10.3 Å². The van der Waals surface area contributed by atoms with Gasteiger partial charge in [-0.15, -0.1) is 11.8 Å². The molecular weight excluding hydrogens is 496 g/mol. The molecular formula is C18H20N4O8S3. The van der Waals surface area contributed by atoms with Crippen LogP contribution in [0.1, 0.15) is 13.8 Å². The van der Waals surface area contributed by atoms with Gasteiger partial charge < -0.3 is 19.9 Å². The van der Waals surface area contributed by atoms with Crippen molar-refractivity contribution in [3.8, 4) is 6.19 Å². The molecule has 2 heterocycles. The van der Waals surface area contributed by atoms with E-state index in [1.807, 2.05) is 0 Å². The number of aliphatic carboxylic acids is 1. The molecule has 0 spiro atoms. The van der Waals surface area contributed by atoms with Gasteiger partial charge in [-0.1, -0.05) is 23.5 Å². The van der Waals surface area contributed by atoms with E-state index in [1.54, 1.807) is 13.1 Å². The third-order valence-corrected chi connectivity index (χ3v) is 7.61. The fourth-order valence-electron chi connectivity index (χ4n) is 2.80. The van der Waals surface area contributed by atoms with Crippen LogP contribution in [-0.4, -0.2) is 86.0 Å². The first-order valence-electron chi connectivity index (χ1n) is 9.40. The zero-order valence-corrected chi connectivity index (χ0v) is 20.0. The Bertz CT molecular complexity index is 945. The molecule has 0 saturated carbocycles. The van der Waals surface area contributed by atoms with Gasteiger partial charge in [0, 0.05) is 18.2 Å². The van der Waals surface area contributed by atoms with Gasteiger partial charge in [0.05, 0.1) is 18.1 Å². The first kappa shape index (κ1) is 26.6. The number of nitriles is 1. The second-order valence-corrected chi connectivity index (χ2v) is 9.64. The summed E-state index contributed by atoms with van der Waals surface area (Å²) in [5.41, 5.74) is 0.0484. The van der Waals surface area contributed by atoms with Gasteiger partial charge in [-0.3, -0.25) is 24.1 Å². The fourth-order valence-corrected chi connectivity index (χ4v) is 5.68. The average Bonchev–Trinajstić information content (AvgIpc) is 2.77. The molecule has 0 bridgehead atoms. The lowest BCUT2D eigenvalue weighted by atomic mass is 10.0. The molecule has 0 aromatic rings. The van der Waals surface area contributed by atoms with E-state index in [9.17, 15) is 29.1 Å². The molecule has 0 aliphatic carbocycles. The Kier molecular flexibility index (Phi) is 10.1. The summed E-state index contributed by atoms with van der Waals surface area (Å²) in [5.74, 6) is -3.52. The van der Waals surface area contributed by atoms with E-state index >= 15 is 0 Å². The summed E-state index contributed by atoms with van der Waals surface area (Å²) in [6.45, 7) is 2.84. The second kappa shape index (κ2) is 12.5. The molecule has 1 saturated heterocycles. The van der Waals surface area contributed by atoms with Crippen molar-refractivity contribution in [1.82, 2.24) is 10.2 Å². The van der Waals surface area contributed by atoms with Crippen molar-refractivity contribution >= 4 is 69.4 Å². The lowest BCUT2D eigenvalue weighted by molar-refractivity contribution is -0.150. The van der Waals surface area contributed by atoms with Crippen LogP contribution < -0.4 is 5.32 Å². The van der Waals surface area contributed by atoms with Crippen LogP contribution in [0.25, 0.3) is 0 Å². The number of carbonyl (C=O) groups is 5. The number of fused-ring (bicyclic) bond motifs is 1. The lowest BCUT2D eigenvalue weighted by Crippen LogP contribution is -2.70. The molecule has 0 aromatic heterocycles. The number of rotatable bonds is 9. The van der Waals surface area contributed by atoms with Crippen LogP contribution in [0.15, 0.2) is 16.3 Å². The number of thioether (sulfide) groups is 3. The van der Waals surface area contributed by atoms with Crippen molar-refractivity contribution in [2.24, 2.45) is 4.99 Å². The summed E-state index contributed by atoms with van der Waals surface area (Å²) in [6.07, 6.45) is 1.60. The first-order valence-corrected chi connectivity index (χ1v) is 12.4. The molecule has 1 fully saturated rings. The van der Waals surface area contributed by atoms with Crippen molar-refractivity contribution in [3.05, 3.63) is 11.3 Å². The number of aliphatic imine (C=N–C) groups is 1. The van der Waals surface area contributed by atoms with E-state index in [2.05, 4.69) is 10.3 Å². The molecule has 2 aliphatic heterocycles. The van der Waals surface area contributed by atoms with Gasteiger partial charge in [0.2, 0.25) is 12.1 Å². The first-order chi connectivity index (χ1) is 15.7. The van der Waals surface area contributed by atoms with E-state index in [0.717, 1.165) is 28.4 Å². The van der Waals surface area contributed by atoms with Gasteiger partial charge >= 0.3 is 17.9 Å². The molecule has 33 heavy (non-hydrogen) atoms. The van der Waals surface area contributed by atoms with Crippen molar-refractivity contribution in [1.29, 1.82) is 5.26 Å². The average molecular weight is 517 g/mol. The Hall–Kier alpha value is -2.70. The highest BCUT2D eigenvalue weighted by Gasteiger charge is 2.54. The number of carboxylic acids is 1. The Morgan fingerprint density at radius 1 is 1.30 bits per heavy atom. The van der Waals surface area contributed by atoms with Crippen molar-refractivity contribution in [3.63, 3.8) is 0 Å². The van der Waals surface area contributed by atoms with Crippen molar-refractivity contribution < 1.29 is 38.6 Å². The Morgan fingerprint density at radius 3 is 2.61 bits per heavy atom. The predicted octanol–water partition coefficient (Wildman–Crippen LogP) is 0.155. The van der Waals surface area contributed by atoms with E-state index in [-0.39, 0.29) is 40.5 Å². The van der Waals surface area contributed by atoms with E-state index < -0.39 is 41.1 Å². The van der Waals surface area contributed by atoms with Crippen molar-refractivity contribution in [2.45, 2.75) is 25.3 Å². The standard InChI is InChI=1S/C18H20N4O8S3/c1-3-29-12(25)7-33-18(20-8-19)32-6-11(24)21-13-15(26)22-14(17(27)28)10(4-30-9(2)23)5-31-16(13)22/h13,16H,3-7H2,1-2H3,(H,21,24)(H,27,28)/t13-,16-/m1/s1. The number of ether oxygens (including phenoxy) is 2. The maximum atomic E-state index is 12.6. The highest BCUT2D eigenvalue weighted by molar-refractivity contribution is 8.39. The number of carbonyl (C=O) groups excluding carboxylic acids is 4. The van der Waals surface area contributed by atoms with E-state index in [4.69, 9.17) is 14.7 Å². The molecule has 2 rings (SSSR count). The van der Waals surface area contributed by atoms with E-state index in [0.29, 0.717) is 5.57 Å². The number of amides is 2. The summed E-state index contributed by atoms with van der Waals surface area (Å²) in [7, 11) is 0. The van der Waals surface area contributed by atoms with Gasteiger partial charge in [0.1, 0.15) is 28.1 Å². The summed E-state index contributed by atoms with van der Waals surface area (Å²) in [6, 6.07) is -0.920. The Balaban J connectivity index is 1.94. The summed E-state index contributed by atoms with van der Waals surface area (Å²) in [4.78, 5) is 63.7. The molecule has 178 valence electrons. The second-order valence-electron chi connectivity index (χ2n) is 6.35. The molecule has 2 aliphatic rings. The van der Waals surface area contributed by atoms with Gasteiger partial charge in [0.15, 0.2) is 0 Å². The number of nitrogens with zero attached hydrogens (tertiary/aromatic N) is 3. The Labute approximate surface area is 201 Å². The minimum absolute atomic E-state index is 0.0717. The molecule has 2 N–H and O–H groups in total. The number of hydrogen-bond acceptors (Lipinski definition) is 12. The summed E-state index contributed by atoms with van der Waals surface area (Å²) < 4.78 is 9.86. The molecule has 12 nitrogen and oxygen atoms in total. The van der Waals surface area contributed by atoms with Gasteiger partial charge in [0.25, 0.3) is 5.91 Å². The smallest absolute Gasteiger partial charge is 0.352 e. The van der Waals surface area contributed by atoms with Gasteiger partial charge in [-0.05, 0) is 6.92 Å². The van der Waals surface area contributed by atoms with Crippen LogP contribution >= 0.6 is 35.3 Å². The quantitative estimate of drug-likeness (QED) is 0.140. The molecule has 15 heteroatoms. The van der Waals surface area contributed by atoms with Crippen molar-refractivity contribution in [2.75, 3.05) is 30.5 Å². The van der Waals surface area contributed by atoms with Crippen LogP contribution in [0.5, 0.6) is 0 Å². The number of nitrogens with one attached hydrogen (secondary N) is 1. The SMILES string of the molecule is CCOC(=O)CSC(=NC#N)SCC(=O)N[C@@H]1C(=O)N2C(C(=O)O)=C(COC(C)=O)CS[C@H]12. The Morgan fingerprint density at radius 2 is 2.00 bits per heavy atom. The summed E-state index contributed by atoms with van der Waals surface area (Å²) >= 11 is 3.12. The lowest BCUT2D eigenvalue weighted by Gasteiger charge is -2.49.